The van der Waals surface area contributed by atoms with Crippen LogP contribution < -0.4 is 9.21 Å². The number of aromatic carboxylic acids is 1. The third kappa shape index (κ3) is 4.82. The number of carboxylic acids is 1. The van der Waals surface area contributed by atoms with Gasteiger partial charge in [-0.15, -0.1) is 0 Å². The second kappa shape index (κ2) is 8.83. The molecule has 2 aromatic heterocycles. The van der Waals surface area contributed by atoms with Gasteiger partial charge in [0.25, 0.3) is 10.0 Å². The molecular weight excluding hydrogens is 424 g/mol. The van der Waals surface area contributed by atoms with Crippen LogP contribution in [-0.2, 0) is 14.8 Å². The summed E-state index contributed by atoms with van der Waals surface area (Å²) in [6.07, 6.45) is 1.09. The van der Waals surface area contributed by atoms with Crippen molar-refractivity contribution in [1.29, 1.82) is 0 Å². The van der Waals surface area contributed by atoms with Crippen molar-refractivity contribution in [1.82, 2.24) is 10.1 Å². The van der Waals surface area contributed by atoms with Gasteiger partial charge in [-0.1, -0.05) is 12.1 Å². The number of carboxylic acid groups (broad SMARTS) is 1. The standard InChI is InChI=1S/C20H28N4O6S/c1-12-8-16(12)11-24(6-7-29-5)18-10-15(20(25)26)9-17(21-18)23(4)31(27,28)19-13(2)22-30-14(19)3/h9-10,12,16H,6-8,11H2,1-5H3,(H,25,26). The fourth-order valence-corrected chi connectivity index (χ4v) is 4.91. The minimum Gasteiger partial charge on any atom is -0.478 e. The molecule has 2 heterocycles. The van der Waals surface area contributed by atoms with Crippen LogP contribution in [0.5, 0.6) is 0 Å². The molecule has 0 radical (unpaired) electrons. The van der Waals surface area contributed by atoms with E-state index in [2.05, 4.69) is 17.1 Å². The van der Waals surface area contributed by atoms with E-state index in [9.17, 15) is 18.3 Å². The summed E-state index contributed by atoms with van der Waals surface area (Å²) in [4.78, 5) is 18.2. The second-order valence-corrected chi connectivity index (χ2v) is 9.82. The van der Waals surface area contributed by atoms with Crippen LogP contribution in [0.4, 0.5) is 11.6 Å². The van der Waals surface area contributed by atoms with Crippen molar-refractivity contribution in [3.05, 3.63) is 29.2 Å². The first kappa shape index (κ1) is 23.0. The summed E-state index contributed by atoms with van der Waals surface area (Å²) in [5, 5.41) is 13.3. The minimum absolute atomic E-state index is 0.00108. The lowest BCUT2D eigenvalue weighted by Crippen LogP contribution is -2.32. The number of hydrogen-bond donors (Lipinski definition) is 1. The Kier molecular flexibility index (Phi) is 6.56. The lowest BCUT2D eigenvalue weighted by atomic mass is 10.2. The van der Waals surface area contributed by atoms with E-state index in [1.165, 1.54) is 33.0 Å². The first-order valence-corrected chi connectivity index (χ1v) is 11.4. The molecule has 3 rings (SSSR count). The van der Waals surface area contributed by atoms with E-state index in [0.717, 1.165) is 10.7 Å². The van der Waals surface area contributed by atoms with Crippen molar-refractivity contribution in [3.63, 3.8) is 0 Å². The highest BCUT2D eigenvalue weighted by molar-refractivity contribution is 7.92. The quantitative estimate of drug-likeness (QED) is 0.578. The van der Waals surface area contributed by atoms with Gasteiger partial charge in [0.05, 0.1) is 12.2 Å². The van der Waals surface area contributed by atoms with Crippen LogP contribution in [0.15, 0.2) is 21.6 Å². The number of ether oxygens (including phenoxy) is 1. The molecule has 2 aromatic rings. The lowest BCUT2D eigenvalue weighted by Gasteiger charge is -2.26. The summed E-state index contributed by atoms with van der Waals surface area (Å²) in [5.74, 6) is 0.463. The molecule has 0 aliphatic heterocycles. The SMILES string of the molecule is COCCN(CC1CC1C)c1cc(C(=O)O)cc(N(C)S(=O)(=O)c2c(C)noc2C)n1. The highest BCUT2D eigenvalue weighted by Gasteiger charge is 2.35. The van der Waals surface area contributed by atoms with Crippen LogP contribution >= 0.6 is 0 Å². The Morgan fingerprint density at radius 2 is 1.97 bits per heavy atom. The van der Waals surface area contributed by atoms with Crippen LogP contribution in [0.2, 0.25) is 0 Å². The second-order valence-electron chi connectivity index (χ2n) is 7.92. The molecule has 0 amide bonds. The molecule has 1 saturated carbocycles. The lowest BCUT2D eigenvalue weighted by molar-refractivity contribution is 0.0696. The van der Waals surface area contributed by atoms with Gasteiger partial charge >= 0.3 is 5.97 Å². The number of hydrogen-bond acceptors (Lipinski definition) is 8. The summed E-state index contributed by atoms with van der Waals surface area (Å²) in [6, 6.07) is 2.71. The monoisotopic (exact) mass is 452 g/mol. The van der Waals surface area contributed by atoms with Crippen LogP contribution in [-0.4, -0.2) is 63.5 Å². The maximum Gasteiger partial charge on any atom is 0.335 e. The van der Waals surface area contributed by atoms with E-state index in [1.54, 1.807) is 7.11 Å². The predicted octanol–water partition coefficient (Wildman–Crippen LogP) is 2.32. The normalized spacial score (nSPS) is 18.1. The smallest absolute Gasteiger partial charge is 0.335 e. The molecule has 1 N–H and O–H groups in total. The average Bonchev–Trinajstić information content (AvgIpc) is 3.30. The third-order valence-corrected chi connectivity index (χ3v) is 7.58. The number of carbonyl (C=O) groups is 1. The van der Waals surface area contributed by atoms with Gasteiger partial charge in [-0.25, -0.2) is 18.2 Å². The Balaban J connectivity index is 2.03. The fraction of sp³-hybridized carbons (Fsp3) is 0.550. The number of sulfonamides is 1. The van der Waals surface area contributed by atoms with Crippen LogP contribution in [0.25, 0.3) is 0 Å². The Labute approximate surface area is 181 Å². The molecule has 0 saturated heterocycles. The molecule has 170 valence electrons. The van der Waals surface area contributed by atoms with Gasteiger partial charge in [-0.05, 0) is 44.2 Å². The number of anilines is 2. The predicted molar refractivity (Wildman–Crippen MR) is 114 cm³/mol. The summed E-state index contributed by atoms with van der Waals surface area (Å²) in [5.41, 5.74) is 0.176. The molecule has 10 nitrogen and oxygen atoms in total. The number of aryl methyl sites for hydroxylation is 2. The van der Waals surface area contributed by atoms with E-state index < -0.39 is 16.0 Å². The number of methoxy groups -OCH3 is 1. The van der Waals surface area contributed by atoms with Gasteiger partial charge < -0.3 is 19.3 Å². The molecule has 0 aromatic carbocycles. The highest BCUT2D eigenvalue weighted by Crippen LogP contribution is 2.39. The molecule has 1 fully saturated rings. The minimum atomic E-state index is -4.05. The number of aromatic nitrogens is 2. The van der Waals surface area contributed by atoms with Crippen molar-refractivity contribution < 1.29 is 27.6 Å². The van der Waals surface area contributed by atoms with Gasteiger partial charge in [0, 0.05) is 27.2 Å². The first-order chi connectivity index (χ1) is 14.6. The molecule has 2 unspecified atom stereocenters. The number of nitrogens with zero attached hydrogens (tertiary/aromatic N) is 4. The first-order valence-electron chi connectivity index (χ1n) is 9.97. The van der Waals surface area contributed by atoms with E-state index in [-0.39, 0.29) is 27.7 Å². The van der Waals surface area contributed by atoms with Crippen LogP contribution in [0.1, 0.15) is 35.2 Å². The third-order valence-electron chi connectivity index (χ3n) is 5.57. The van der Waals surface area contributed by atoms with Crippen molar-refractivity contribution in [2.24, 2.45) is 11.8 Å². The number of pyridine rings is 1. The van der Waals surface area contributed by atoms with Crippen molar-refractivity contribution >= 4 is 27.6 Å². The van der Waals surface area contributed by atoms with E-state index in [0.29, 0.717) is 37.4 Å². The Morgan fingerprint density at radius 3 is 2.48 bits per heavy atom. The molecule has 0 spiro atoms. The van der Waals surface area contributed by atoms with E-state index >= 15 is 0 Å². The summed E-state index contributed by atoms with van der Waals surface area (Å²) < 4.78 is 37.6. The Hall–Kier alpha value is -2.66. The van der Waals surface area contributed by atoms with Gasteiger partial charge in [-0.2, -0.15) is 0 Å². The van der Waals surface area contributed by atoms with E-state index in [4.69, 9.17) is 9.26 Å². The molecule has 11 heteroatoms. The Morgan fingerprint density at radius 1 is 1.32 bits per heavy atom. The largest absolute Gasteiger partial charge is 0.478 e. The molecule has 1 aliphatic carbocycles. The summed E-state index contributed by atoms with van der Waals surface area (Å²) in [6.45, 7) is 6.85. The summed E-state index contributed by atoms with van der Waals surface area (Å²) >= 11 is 0. The molecule has 0 bridgehead atoms. The van der Waals surface area contributed by atoms with Crippen molar-refractivity contribution in [2.45, 2.75) is 32.1 Å². The summed E-state index contributed by atoms with van der Waals surface area (Å²) in [7, 11) is -1.13. The van der Waals surface area contributed by atoms with Crippen LogP contribution in [0, 0.1) is 25.7 Å². The Bertz CT molecular complexity index is 1050. The van der Waals surface area contributed by atoms with Gasteiger partial charge in [0.2, 0.25) is 0 Å². The van der Waals surface area contributed by atoms with Gasteiger partial charge in [-0.3, -0.25) is 4.31 Å². The zero-order valence-corrected chi connectivity index (χ0v) is 19.1. The molecule has 31 heavy (non-hydrogen) atoms. The fourth-order valence-electron chi connectivity index (χ4n) is 3.49. The van der Waals surface area contributed by atoms with Crippen molar-refractivity contribution in [3.8, 4) is 0 Å². The maximum atomic E-state index is 13.2. The van der Waals surface area contributed by atoms with Gasteiger partial charge in [0.15, 0.2) is 10.7 Å². The highest BCUT2D eigenvalue weighted by atomic mass is 32.2. The van der Waals surface area contributed by atoms with E-state index in [1.807, 2.05) is 4.90 Å². The zero-order chi connectivity index (χ0) is 22.9. The van der Waals surface area contributed by atoms with Crippen molar-refractivity contribution in [2.75, 3.05) is 43.1 Å². The molecule has 2 atom stereocenters. The molecule has 1 aliphatic rings. The average molecular weight is 453 g/mol. The maximum absolute atomic E-state index is 13.2. The number of rotatable bonds is 10. The zero-order valence-electron chi connectivity index (χ0n) is 18.3. The molecular formula is C20H28N4O6S. The van der Waals surface area contributed by atoms with Crippen LogP contribution in [0.3, 0.4) is 0 Å². The van der Waals surface area contributed by atoms with Gasteiger partial charge in [0.1, 0.15) is 17.3 Å². The topological polar surface area (TPSA) is 126 Å².